The Morgan fingerprint density at radius 1 is 1.41 bits per heavy atom. The van der Waals surface area contributed by atoms with E-state index in [-0.39, 0.29) is 0 Å². The van der Waals surface area contributed by atoms with E-state index in [0.717, 1.165) is 23.0 Å². The SMILES string of the molecule is Brc1cnccc1N1CCC2NCCCC2C1. The van der Waals surface area contributed by atoms with Crippen molar-refractivity contribution in [2.45, 2.75) is 25.3 Å². The minimum Gasteiger partial charge on any atom is -0.370 e. The van der Waals surface area contributed by atoms with Crippen molar-refractivity contribution in [2.75, 3.05) is 24.5 Å². The van der Waals surface area contributed by atoms with Crippen LogP contribution >= 0.6 is 15.9 Å². The van der Waals surface area contributed by atoms with Crippen LogP contribution in [0.1, 0.15) is 19.3 Å². The van der Waals surface area contributed by atoms with E-state index in [2.05, 4.69) is 37.2 Å². The molecule has 1 aromatic rings. The van der Waals surface area contributed by atoms with Crippen molar-refractivity contribution in [3.8, 4) is 0 Å². The molecule has 3 nitrogen and oxygen atoms in total. The van der Waals surface area contributed by atoms with Crippen LogP contribution in [0.2, 0.25) is 0 Å². The van der Waals surface area contributed by atoms with Gasteiger partial charge in [-0.25, -0.2) is 0 Å². The predicted octanol–water partition coefficient (Wildman–Crippen LogP) is 2.42. The summed E-state index contributed by atoms with van der Waals surface area (Å²) < 4.78 is 1.11. The molecule has 4 heteroatoms. The summed E-state index contributed by atoms with van der Waals surface area (Å²) in [5.41, 5.74) is 1.30. The fourth-order valence-corrected chi connectivity index (χ4v) is 3.59. The molecular weight excluding hydrogens is 278 g/mol. The molecule has 1 N–H and O–H groups in total. The van der Waals surface area contributed by atoms with Gasteiger partial charge < -0.3 is 10.2 Å². The van der Waals surface area contributed by atoms with Gasteiger partial charge in [-0.05, 0) is 53.7 Å². The van der Waals surface area contributed by atoms with Crippen LogP contribution in [0.4, 0.5) is 5.69 Å². The maximum Gasteiger partial charge on any atom is 0.0592 e. The Bertz CT molecular complexity index is 396. The summed E-state index contributed by atoms with van der Waals surface area (Å²) in [5, 5.41) is 3.66. The van der Waals surface area contributed by atoms with E-state index in [9.17, 15) is 0 Å². The summed E-state index contributed by atoms with van der Waals surface area (Å²) in [5.74, 6) is 0.817. The minimum absolute atomic E-state index is 0.751. The smallest absolute Gasteiger partial charge is 0.0592 e. The molecule has 0 saturated carbocycles. The fourth-order valence-electron chi connectivity index (χ4n) is 3.09. The number of nitrogens with one attached hydrogen (secondary N) is 1. The molecule has 0 aliphatic carbocycles. The first-order valence-corrected chi connectivity index (χ1v) is 7.22. The van der Waals surface area contributed by atoms with Gasteiger partial charge >= 0.3 is 0 Å². The average molecular weight is 296 g/mol. The number of anilines is 1. The first-order chi connectivity index (χ1) is 8.34. The monoisotopic (exact) mass is 295 g/mol. The number of aromatic nitrogens is 1. The maximum atomic E-state index is 4.14. The third-order valence-electron chi connectivity index (χ3n) is 3.98. The number of piperidine rings is 2. The second-order valence-corrected chi connectivity index (χ2v) is 5.88. The summed E-state index contributed by atoms with van der Waals surface area (Å²) in [6, 6.07) is 2.86. The van der Waals surface area contributed by atoms with Crippen LogP contribution in [0.5, 0.6) is 0 Å². The Morgan fingerprint density at radius 2 is 2.35 bits per heavy atom. The third-order valence-corrected chi connectivity index (χ3v) is 4.59. The largest absolute Gasteiger partial charge is 0.370 e. The van der Waals surface area contributed by atoms with Gasteiger partial charge in [-0.1, -0.05) is 0 Å². The zero-order valence-electron chi connectivity index (χ0n) is 9.90. The molecular formula is C13H18BrN3. The van der Waals surface area contributed by atoms with Crippen molar-refractivity contribution in [1.29, 1.82) is 0 Å². The van der Waals surface area contributed by atoms with Gasteiger partial charge in [-0.3, -0.25) is 4.98 Å². The van der Waals surface area contributed by atoms with Gasteiger partial charge in [0.25, 0.3) is 0 Å². The van der Waals surface area contributed by atoms with E-state index >= 15 is 0 Å². The van der Waals surface area contributed by atoms with Crippen molar-refractivity contribution in [2.24, 2.45) is 5.92 Å². The van der Waals surface area contributed by atoms with Crippen LogP contribution < -0.4 is 10.2 Å². The van der Waals surface area contributed by atoms with Crippen LogP contribution in [0.25, 0.3) is 0 Å². The van der Waals surface area contributed by atoms with Crippen molar-refractivity contribution < 1.29 is 0 Å². The number of hydrogen-bond acceptors (Lipinski definition) is 3. The van der Waals surface area contributed by atoms with E-state index in [0.29, 0.717) is 0 Å². The lowest BCUT2D eigenvalue weighted by atomic mass is 9.85. The zero-order chi connectivity index (χ0) is 11.7. The molecule has 17 heavy (non-hydrogen) atoms. The Kier molecular flexibility index (Phi) is 3.34. The number of hydrogen-bond donors (Lipinski definition) is 1. The van der Waals surface area contributed by atoms with Gasteiger partial charge in [-0.2, -0.15) is 0 Å². The fraction of sp³-hybridized carbons (Fsp3) is 0.615. The maximum absolute atomic E-state index is 4.14. The van der Waals surface area contributed by atoms with E-state index in [1.54, 1.807) is 0 Å². The van der Waals surface area contributed by atoms with Crippen LogP contribution in [0.3, 0.4) is 0 Å². The minimum atomic E-state index is 0.751. The molecule has 0 radical (unpaired) electrons. The van der Waals surface area contributed by atoms with E-state index in [4.69, 9.17) is 0 Å². The molecule has 2 unspecified atom stereocenters. The van der Waals surface area contributed by atoms with E-state index in [1.165, 1.54) is 38.0 Å². The van der Waals surface area contributed by atoms with Gasteiger partial charge in [-0.15, -0.1) is 0 Å². The van der Waals surface area contributed by atoms with E-state index < -0.39 is 0 Å². The van der Waals surface area contributed by atoms with Crippen molar-refractivity contribution in [3.05, 3.63) is 22.9 Å². The van der Waals surface area contributed by atoms with Crippen LogP contribution in [0.15, 0.2) is 22.9 Å². The summed E-state index contributed by atoms with van der Waals surface area (Å²) in [6.07, 6.45) is 7.73. The molecule has 0 spiro atoms. The number of halogens is 1. The van der Waals surface area contributed by atoms with Gasteiger partial charge in [0.15, 0.2) is 0 Å². The highest BCUT2D eigenvalue weighted by Crippen LogP contribution is 2.31. The Balaban J connectivity index is 1.76. The lowest BCUT2D eigenvalue weighted by Gasteiger charge is -2.43. The quantitative estimate of drug-likeness (QED) is 0.862. The summed E-state index contributed by atoms with van der Waals surface area (Å²) in [4.78, 5) is 6.64. The number of nitrogens with zero attached hydrogens (tertiary/aromatic N) is 2. The molecule has 0 bridgehead atoms. The predicted molar refractivity (Wildman–Crippen MR) is 73.3 cm³/mol. The summed E-state index contributed by atoms with van der Waals surface area (Å²) >= 11 is 3.60. The molecule has 92 valence electrons. The van der Waals surface area contributed by atoms with Crippen molar-refractivity contribution in [1.82, 2.24) is 10.3 Å². The Morgan fingerprint density at radius 3 is 3.24 bits per heavy atom. The van der Waals surface area contributed by atoms with Gasteiger partial charge in [0.05, 0.1) is 10.2 Å². The molecule has 3 rings (SSSR count). The molecule has 2 saturated heterocycles. The first-order valence-electron chi connectivity index (χ1n) is 6.42. The highest BCUT2D eigenvalue weighted by molar-refractivity contribution is 9.10. The first kappa shape index (κ1) is 11.5. The average Bonchev–Trinajstić information content (AvgIpc) is 2.39. The molecule has 2 aliphatic rings. The van der Waals surface area contributed by atoms with Crippen LogP contribution in [-0.2, 0) is 0 Å². The zero-order valence-corrected chi connectivity index (χ0v) is 11.5. The van der Waals surface area contributed by atoms with Gasteiger partial charge in [0.2, 0.25) is 0 Å². The molecule has 0 aromatic carbocycles. The Labute approximate surface area is 111 Å². The highest BCUT2D eigenvalue weighted by Gasteiger charge is 2.31. The third kappa shape index (κ3) is 2.33. The second-order valence-electron chi connectivity index (χ2n) is 5.02. The number of fused-ring (bicyclic) bond motifs is 1. The van der Waals surface area contributed by atoms with Gasteiger partial charge in [0, 0.05) is 31.5 Å². The number of rotatable bonds is 1. The molecule has 1 aromatic heterocycles. The van der Waals surface area contributed by atoms with Crippen LogP contribution in [0, 0.1) is 5.92 Å². The second kappa shape index (κ2) is 4.94. The van der Waals surface area contributed by atoms with E-state index in [1.807, 2.05) is 12.4 Å². The van der Waals surface area contributed by atoms with Crippen LogP contribution in [-0.4, -0.2) is 30.7 Å². The topological polar surface area (TPSA) is 28.2 Å². The molecule has 2 aliphatic heterocycles. The number of pyridine rings is 1. The lowest BCUT2D eigenvalue weighted by molar-refractivity contribution is 0.244. The highest BCUT2D eigenvalue weighted by atomic mass is 79.9. The summed E-state index contributed by atoms with van der Waals surface area (Å²) in [6.45, 7) is 3.54. The van der Waals surface area contributed by atoms with Gasteiger partial charge in [0.1, 0.15) is 0 Å². The van der Waals surface area contributed by atoms with Crippen molar-refractivity contribution >= 4 is 21.6 Å². The van der Waals surface area contributed by atoms with Crippen molar-refractivity contribution in [3.63, 3.8) is 0 Å². The normalized spacial score (nSPS) is 28.9. The standard InChI is InChI=1S/C13H18BrN3/c14-11-8-15-6-3-13(11)17-7-4-12-10(9-17)2-1-5-16-12/h3,6,8,10,12,16H,1-2,4-5,7,9H2. The summed E-state index contributed by atoms with van der Waals surface area (Å²) in [7, 11) is 0. The molecule has 2 fully saturated rings. The lowest BCUT2D eigenvalue weighted by Crippen LogP contribution is -2.52. The molecule has 2 atom stereocenters. The Hall–Kier alpha value is -0.610. The molecule has 3 heterocycles. The molecule has 0 amide bonds.